The van der Waals surface area contributed by atoms with Gasteiger partial charge in [-0.3, -0.25) is 14.7 Å². The minimum absolute atomic E-state index is 0.120. The van der Waals surface area contributed by atoms with Crippen molar-refractivity contribution in [3.05, 3.63) is 35.6 Å². The summed E-state index contributed by atoms with van der Waals surface area (Å²) < 4.78 is 12.7. The Morgan fingerprint density at radius 3 is 2.75 bits per heavy atom. The number of amides is 1. The quantitative estimate of drug-likeness (QED) is 0.749. The summed E-state index contributed by atoms with van der Waals surface area (Å²) in [6, 6.07) is 5.57. The van der Waals surface area contributed by atoms with E-state index in [-0.39, 0.29) is 11.7 Å². The van der Waals surface area contributed by atoms with Crippen LogP contribution in [0.25, 0.3) is 0 Å². The van der Waals surface area contributed by atoms with Crippen LogP contribution in [0.1, 0.15) is 10.4 Å². The molecular weight excluding hydrogens is 227 g/mol. The fourth-order valence-corrected chi connectivity index (χ4v) is 2.15. The van der Waals surface area contributed by atoms with E-state index in [9.17, 15) is 9.18 Å². The zero-order valence-electron chi connectivity index (χ0n) is 8.81. The van der Waals surface area contributed by atoms with E-state index in [4.69, 9.17) is 0 Å². The average Bonchev–Trinajstić information content (AvgIpc) is 2.77. The molecule has 0 bridgehead atoms. The Labute approximate surface area is 97.4 Å². The Bertz CT molecular complexity index is 430. The maximum absolute atomic E-state index is 12.7. The standard InChI is InChI=1S/C11H11FN2OS/c1-16-11-13-6-7-14(11)10(15)8-2-4-9(12)5-3-8/h2-5H,6-7H2,1H3. The molecule has 1 aromatic carbocycles. The molecule has 16 heavy (non-hydrogen) atoms. The highest BCUT2D eigenvalue weighted by atomic mass is 32.2. The lowest BCUT2D eigenvalue weighted by Crippen LogP contribution is -2.32. The van der Waals surface area contributed by atoms with Crippen LogP contribution >= 0.6 is 11.8 Å². The third-order valence-electron chi connectivity index (χ3n) is 2.32. The number of hydrogen-bond donors (Lipinski definition) is 0. The number of benzene rings is 1. The van der Waals surface area contributed by atoms with Gasteiger partial charge in [-0.25, -0.2) is 4.39 Å². The fourth-order valence-electron chi connectivity index (χ4n) is 1.54. The first-order valence-electron chi connectivity index (χ1n) is 4.88. The second-order valence-electron chi connectivity index (χ2n) is 3.33. The summed E-state index contributed by atoms with van der Waals surface area (Å²) in [6.45, 7) is 1.25. The van der Waals surface area contributed by atoms with Gasteiger partial charge in [0.1, 0.15) is 5.82 Å². The summed E-state index contributed by atoms with van der Waals surface area (Å²) in [7, 11) is 0. The summed E-state index contributed by atoms with van der Waals surface area (Å²) in [5, 5.41) is 0.731. The van der Waals surface area contributed by atoms with E-state index in [1.807, 2.05) is 6.26 Å². The van der Waals surface area contributed by atoms with Crippen molar-refractivity contribution in [2.24, 2.45) is 4.99 Å². The molecule has 84 valence electrons. The predicted octanol–water partition coefficient (Wildman–Crippen LogP) is 2.00. The number of hydrogen-bond acceptors (Lipinski definition) is 3. The van der Waals surface area contributed by atoms with Gasteiger partial charge in [0, 0.05) is 12.1 Å². The van der Waals surface area contributed by atoms with Gasteiger partial charge < -0.3 is 0 Å². The molecule has 0 aromatic heterocycles. The molecule has 0 radical (unpaired) electrons. The van der Waals surface area contributed by atoms with Crippen molar-refractivity contribution < 1.29 is 9.18 Å². The van der Waals surface area contributed by atoms with Crippen molar-refractivity contribution in [1.29, 1.82) is 0 Å². The first kappa shape index (κ1) is 11.1. The maximum Gasteiger partial charge on any atom is 0.259 e. The molecule has 0 N–H and O–H groups in total. The minimum atomic E-state index is -0.336. The van der Waals surface area contributed by atoms with E-state index in [0.29, 0.717) is 18.7 Å². The highest BCUT2D eigenvalue weighted by Crippen LogP contribution is 2.15. The minimum Gasteiger partial charge on any atom is -0.286 e. The van der Waals surface area contributed by atoms with Crippen molar-refractivity contribution >= 4 is 22.8 Å². The first-order chi connectivity index (χ1) is 7.72. The van der Waals surface area contributed by atoms with E-state index in [0.717, 1.165) is 5.17 Å². The molecule has 1 aliphatic heterocycles. The monoisotopic (exact) mass is 238 g/mol. The average molecular weight is 238 g/mol. The molecule has 1 amide bonds. The van der Waals surface area contributed by atoms with Crippen LogP contribution in [0.2, 0.25) is 0 Å². The van der Waals surface area contributed by atoms with Gasteiger partial charge >= 0.3 is 0 Å². The third-order valence-corrected chi connectivity index (χ3v) is 3.04. The van der Waals surface area contributed by atoms with Gasteiger partial charge in [-0.05, 0) is 30.5 Å². The second kappa shape index (κ2) is 4.65. The molecule has 0 spiro atoms. The number of carbonyl (C=O) groups is 1. The van der Waals surface area contributed by atoms with Crippen LogP contribution in [-0.4, -0.2) is 35.3 Å². The number of amidine groups is 1. The van der Waals surface area contributed by atoms with Crippen LogP contribution in [0.4, 0.5) is 4.39 Å². The van der Waals surface area contributed by atoms with Crippen LogP contribution < -0.4 is 0 Å². The highest BCUT2D eigenvalue weighted by Gasteiger charge is 2.23. The predicted molar refractivity (Wildman–Crippen MR) is 63.3 cm³/mol. The van der Waals surface area contributed by atoms with E-state index in [2.05, 4.69) is 4.99 Å². The molecule has 0 saturated heterocycles. The van der Waals surface area contributed by atoms with Crippen LogP contribution in [0.5, 0.6) is 0 Å². The van der Waals surface area contributed by atoms with Gasteiger partial charge in [-0.1, -0.05) is 11.8 Å². The van der Waals surface area contributed by atoms with Crippen molar-refractivity contribution in [1.82, 2.24) is 4.90 Å². The summed E-state index contributed by atoms with van der Waals surface area (Å²) in [4.78, 5) is 17.9. The number of rotatable bonds is 1. The van der Waals surface area contributed by atoms with Crippen LogP contribution in [0.3, 0.4) is 0 Å². The third kappa shape index (κ3) is 2.09. The Balaban J connectivity index is 2.19. The summed E-state index contributed by atoms with van der Waals surface area (Å²) >= 11 is 1.45. The van der Waals surface area contributed by atoms with E-state index in [1.165, 1.54) is 36.0 Å². The Hall–Kier alpha value is -1.36. The Morgan fingerprint density at radius 2 is 2.12 bits per heavy atom. The molecule has 0 atom stereocenters. The largest absolute Gasteiger partial charge is 0.286 e. The molecule has 2 rings (SSSR count). The molecule has 5 heteroatoms. The molecular formula is C11H11FN2OS. The van der Waals surface area contributed by atoms with Gasteiger partial charge in [0.2, 0.25) is 0 Å². The van der Waals surface area contributed by atoms with Gasteiger partial charge in [-0.15, -0.1) is 0 Å². The number of halogens is 1. The summed E-state index contributed by atoms with van der Waals surface area (Å²) in [5.74, 6) is -0.456. The lowest BCUT2D eigenvalue weighted by atomic mass is 10.2. The van der Waals surface area contributed by atoms with Crippen molar-refractivity contribution in [3.8, 4) is 0 Å². The molecule has 1 heterocycles. The van der Waals surface area contributed by atoms with Crippen molar-refractivity contribution in [2.75, 3.05) is 19.3 Å². The zero-order valence-corrected chi connectivity index (χ0v) is 9.63. The van der Waals surface area contributed by atoms with Gasteiger partial charge in [0.15, 0.2) is 5.17 Å². The molecule has 0 aliphatic carbocycles. The maximum atomic E-state index is 12.7. The number of thioether (sulfide) groups is 1. The number of carbonyl (C=O) groups excluding carboxylic acids is 1. The number of aliphatic imine (C=N–C) groups is 1. The molecule has 3 nitrogen and oxygen atoms in total. The lowest BCUT2D eigenvalue weighted by molar-refractivity contribution is 0.0860. The van der Waals surface area contributed by atoms with E-state index >= 15 is 0 Å². The fraction of sp³-hybridized carbons (Fsp3) is 0.273. The van der Waals surface area contributed by atoms with Gasteiger partial charge in [-0.2, -0.15) is 0 Å². The van der Waals surface area contributed by atoms with Crippen molar-refractivity contribution in [2.45, 2.75) is 0 Å². The Kier molecular flexibility index (Phi) is 3.24. The normalized spacial score (nSPS) is 15.1. The van der Waals surface area contributed by atoms with E-state index in [1.54, 1.807) is 4.90 Å². The molecule has 0 fully saturated rings. The highest BCUT2D eigenvalue weighted by molar-refractivity contribution is 8.13. The Morgan fingerprint density at radius 1 is 1.44 bits per heavy atom. The van der Waals surface area contributed by atoms with E-state index < -0.39 is 0 Å². The second-order valence-corrected chi connectivity index (χ2v) is 4.11. The van der Waals surface area contributed by atoms with Crippen LogP contribution in [0.15, 0.2) is 29.3 Å². The van der Waals surface area contributed by atoms with Gasteiger partial charge in [0.05, 0.1) is 6.54 Å². The summed E-state index contributed by atoms with van der Waals surface area (Å²) in [6.07, 6.45) is 1.88. The molecule has 0 saturated carbocycles. The zero-order chi connectivity index (χ0) is 11.5. The number of nitrogens with zero attached hydrogens (tertiary/aromatic N) is 2. The molecule has 1 aliphatic rings. The SMILES string of the molecule is CSC1=NCCN1C(=O)c1ccc(F)cc1. The molecule has 0 unspecified atom stereocenters. The van der Waals surface area contributed by atoms with Crippen LogP contribution in [0, 0.1) is 5.82 Å². The van der Waals surface area contributed by atoms with Crippen LogP contribution in [-0.2, 0) is 0 Å². The lowest BCUT2D eigenvalue weighted by Gasteiger charge is -2.16. The molecule has 1 aromatic rings. The van der Waals surface area contributed by atoms with Gasteiger partial charge in [0.25, 0.3) is 5.91 Å². The smallest absolute Gasteiger partial charge is 0.259 e. The summed E-state index contributed by atoms with van der Waals surface area (Å²) in [5.41, 5.74) is 0.491. The topological polar surface area (TPSA) is 32.7 Å². The first-order valence-corrected chi connectivity index (χ1v) is 6.10. The van der Waals surface area contributed by atoms with Crippen molar-refractivity contribution in [3.63, 3.8) is 0 Å².